The predicted octanol–water partition coefficient (Wildman–Crippen LogP) is 4.86. The summed E-state index contributed by atoms with van der Waals surface area (Å²) >= 11 is 3.15. The number of ether oxygens (including phenoxy) is 1. The molecule has 0 unspecified atom stereocenters. The molecule has 2 heterocycles. The van der Waals surface area contributed by atoms with E-state index in [1.54, 1.807) is 11.3 Å². The van der Waals surface area contributed by atoms with Crippen molar-refractivity contribution in [3.8, 4) is 16.5 Å². The van der Waals surface area contributed by atoms with Gasteiger partial charge in [0.05, 0.1) is 11.0 Å². The fourth-order valence-electron chi connectivity index (χ4n) is 2.73. The van der Waals surface area contributed by atoms with Crippen molar-refractivity contribution >= 4 is 23.1 Å². The van der Waals surface area contributed by atoms with Gasteiger partial charge in [0.15, 0.2) is 11.0 Å². The second kappa shape index (κ2) is 9.11. The Kier molecular flexibility index (Phi) is 6.80. The number of aliphatic hydroxyl groups is 1. The highest BCUT2D eigenvalue weighted by Gasteiger charge is 2.16. The van der Waals surface area contributed by atoms with Crippen LogP contribution >= 0.6 is 23.1 Å². The molecule has 0 radical (unpaired) electrons. The van der Waals surface area contributed by atoms with Gasteiger partial charge in [-0.25, -0.2) is 0 Å². The highest BCUT2D eigenvalue weighted by atomic mass is 32.2. The van der Waals surface area contributed by atoms with Gasteiger partial charge >= 0.3 is 0 Å². The van der Waals surface area contributed by atoms with Crippen LogP contribution in [0.3, 0.4) is 0 Å². The van der Waals surface area contributed by atoms with Gasteiger partial charge in [0.25, 0.3) is 0 Å². The van der Waals surface area contributed by atoms with Crippen LogP contribution in [0.1, 0.15) is 33.3 Å². The molecule has 1 atom stereocenters. The van der Waals surface area contributed by atoms with Crippen LogP contribution in [0.2, 0.25) is 0 Å². The average Bonchev–Trinajstić information content (AvgIpc) is 3.33. The summed E-state index contributed by atoms with van der Waals surface area (Å²) in [6.07, 6.45) is -0.584. The molecular formula is C21H27N3O2S2. The van der Waals surface area contributed by atoms with Gasteiger partial charge in [-0.05, 0) is 41.5 Å². The first-order valence-corrected chi connectivity index (χ1v) is 11.3. The van der Waals surface area contributed by atoms with Gasteiger partial charge in [0, 0.05) is 12.3 Å². The van der Waals surface area contributed by atoms with Crippen molar-refractivity contribution in [1.82, 2.24) is 14.8 Å². The fourth-order valence-corrected chi connectivity index (χ4v) is 4.36. The van der Waals surface area contributed by atoms with Crippen molar-refractivity contribution in [1.29, 1.82) is 0 Å². The highest BCUT2D eigenvalue weighted by Crippen LogP contribution is 2.28. The van der Waals surface area contributed by atoms with E-state index in [0.29, 0.717) is 5.75 Å². The molecule has 1 N–H and O–H groups in total. The van der Waals surface area contributed by atoms with E-state index in [0.717, 1.165) is 28.2 Å². The fraction of sp³-hybridized carbons (Fsp3) is 0.429. The van der Waals surface area contributed by atoms with Gasteiger partial charge in [-0.3, -0.25) is 0 Å². The van der Waals surface area contributed by atoms with Crippen LogP contribution in [0.4, 0.5) is 0 Å². The molecule has 0 fully saturated rings. The Labute approximate surface area is 174 Å². The maximum atomic E-state index is 10.3. The van der Waals surface area contributed by atoms with Crippen molar-refractivity contribution in [2.45, 2.75) is 50.9 Å². The molecule has 28 heavy (non-hydrogen) atoms. The average molecular weight is 418 g/mol. The zero-order valence-electron chi connectivity index (χ0n) is 16.8. The Morgan fingerprint density at radius 1 is 1.18 bits per heavy atom. The molecule has 2 aromatic heterocycles. The summed E-state index contributed by atoms with van der Waals surface area (Å²) in [5.74, 6) is 2.15. The first-order valence-electron chi connectivity index (χ1n) is 9.39. The molecule has 1 aromatic carbocycles. The molecule has 7 heteroatoms. The van der Waals surface area contributed by atoms with E-state index >= 15 is 0 Å². The van der Waals surface area contributed by atoms with Crippen molar-refractivity contribution in [3.63, 3.8) is 0 Å². The summed E-state index contributed by atoms with van der Waals surface area (Å²) < 4.78 is 7.82. The monoisotopic (exact) mass is 417 g/mol. The Morgan fingerprint density at radius 2 is 1.93 bits per heavy atom. The normalized spacial score (nSPS) is 12.9. The van der Waals surface area contributed by atoms with Crippen LogP contribution in [0.15, 0.2) is 46.9 Å². The van der Waals surface area contributed by atoms with Gasteiger partial charge in [-0.1, -0.05) is 50.7 Å². The van der Waals surface area contributed by atoms with Crippen LogP contribution in [0.5, 0.6) is 5.75 Å². The lowest BCUT2D eigenvalue weighted by molar-refractivity contribution is 0.126. The minimum atomic E-state index is -0.584. The quantitative estimate of drug-likeness (QED) is 0.531. The number of rotatable bonds is 8. The molecule has 0 amide bonds. The Morgan fingerprint density at radius 3 is 2.54 bits per heavy atom. The predicted molar refractivity (Wildman–Crippen MR) is 116 cm³/mol. The lowest BCUT2D eigenvalue weighted by Gasteiger charge is -2.19. The van der Waals surface area contributed by atoms with Crippen LogP contribution in [-0.2, 0) is 12.0 Å². The van der Waals surface area contributed by atoms with Crippen LogP contribution < -0.4 is 4.74 Å². The molecule has 150 valence electrons. The molecule has 0 bridgehead atoms. The standard InChI is InChI=1S/C21H27N3O2S2/c1-5-24-19(18-7-6-12-27-18)22-23-20(24)28-14-16(25)13-26-17-10-8-15(9-11-17)21(2,3)4/h6-12,16,25H,5,13-14H2,1-4H3/t16-/m0/s1. The molecule has 0 spiro atoms. The summed E-state index contributed by atoms with van der Waals surface area (Å²) in [4.78, 5) is 1.10. The third-order valence-corrected chi connectivity index (χ3v) is 6.32. The zero-order chi connectivity index (χ0) is 20.1. The molecule has 0 saturated carbocycles. The highest BCUT2D eigenvalue weighted by molar-refractivity contribution is 7.99. The number of hydrogen-bond donors (Lipinski definition) is 1. The number of nitrogens with zero attached hydrogens (tertiary/aromatic N) is 3. The third-order valence-electron chi connectivity index (χ3n) is 4.34. The summed E-state index contributed by atoms with van der Waals surface area (Å²) in [6.45, 7) is 9.66. The van der Waals surface area contributed by atoms with Gasteiger partial charge in [0.1, 0.15) is 12.4 Å². The van der Waals surface area contributed by atoms with E-state index in [2.05, 4.69) is 54.6 Å². The summed E-state index contributed by atoms with van der Waals surface area (Å²) in [7, 11) is 0. The van der Waals surface area contributed by atoms with Crippen molar-refractivity contribution in [2.24, 2.45) is 0 Å². The van der Waals surface area contributed by atoms with Crippen molar-refractivity contribution in [3.05, 3.63) is 47.3 Å². The lowest BCUT2D eigenvalue weighted by Crippen LogP contribution is -2.20. The molecule has 0 aliphatic carbocycles. The first-order chi connectivity index (χ1) is 13.4. The maximum Gasteiger partial charge on any atom is 0.191 e. The largest absolute Gasteiger partial charge is 0.491 e. The number of benzene rings is 1. The van der Waals surface area contributed by atoms with E-state index < -0.39 is 6.10 Å². The topological polar surface area (TPSA) is 60.2 Å². The molecule has 3 rings (SSSR count). The first kappa shape index (κ1) is 20.9. The molecule has 0 aliphatic rings. The lowest BCUT2D eigenvalue weighted by atomic mass is 9.87. The Hall–Kier alpha value is -1.83. The molecule has 5 nitrogen and oxygen atoms in total. The second-order valence-electron chi connectivity index (χ2n) is 7.58. The number of aliphatic hydroxyl groups excluding tert-OH is 1. The number of hydrogen-bond acceptors (Lipinski definition) is 6. The number of thiophene rings is 1. The van der Waals surface area contributed by atoms with Gasteiger partial charge in [-0.15, -0.1) is 21.5 Å². The van der Waals surface area contributed by atoms with E-state index in [1.807, 2.05) is 29.6 Å². The SMILES string of the molecule is CCn1c(SC[C@@H](O)COc2ccc(C(C)(C)C)cc2)nnc1-c1cccs1. The minimum Gasteiger partial charge on any atom is -0.491 e. The van der Waals surface area contributed by atoms with Gasteiger partial charge in [0.2, 0.25) is 0 Å². The van der Waals surface area contributed by atoms with E-state index in [4.69, 9.17) is 4.74 Å². The zero-order valence-corrected chi connectivity index (χ0v) is 18.4. The Bertz CT molecular complexity index is 868. The number of thioether (sulfide) groups is 1. The van der Waals surface area contributed by atoms with E-state index in [9.17, 15) is 5.11 Å². The molecule has 0 saturated heterocycles. The molecule has 3 aromatic rings. The minimum absolute atomic E-state index is 0.117. The molecular weight excluding hydrogens is 390 g/mol. The molecule has 0 aliphatic heterocycles. The van der Waals surface area contributed by atoms with E-state index in [1.165, 1.54) is 17.3 Å². The van der Waals surface area contributed by atoms with Crippen molar-refractivity contribution in [2.75, 3.05) is 12.4 Å². The van der Waals surface area contributed by atoms with E-state index in [-0.39, 0.29) is 12.0 Å². The Balaban J connectivity index is 1.53. The van der Waals surface area contributed by atoms with Crippen LogP contribution in [0, 0.1) is 0 Å². The number of aromatic nitrogens is 3. The smallest absolute Gasteiger partial charge is 0.191 e. The van der Waals surface area contributed by atoms with Crippen LogP contribution in [0.25, 0.3) is 10.7 Å². The van der Waals surface area contributed by atoms with Crippen LogP contribution in [-0.4, -0.2) is 38.3 Å². The summed E-state index contributed by atoms with van der Waals surface area (Å²) in [6, 6.07) is 12.1. The van der Waals surface area contributed by atoms with Gasteiger partial charge < -0.3 is 14.4 Å². The maximum absolute atomic E-state index is 10.3. The summed E-state index contributed by atoms with van der Waals surface area (Å²) in [5.41, 5.74) is 1.38. The van der Waals surface area contributed by atoms with Gasteiger partial charge in [-0.2, -0.15) is 0 Å². The third kappa shape index (κ3) is 5.16. The second-order valence-corrected chi connectivity index (χ2v) is 9.51. The summed E-state index contributed by atoms with van der Waals surface area (Å²) in [5, 5.41) is 21.8. The van der Waals surface area contributed by atoms with Crippen molar-refractivity contribution < 1.29 is 9.84 Å².